The third-order valence-corrected chi connectivity index (χ3v) is 2.53. The number of benzene rings is 1. The molecule has 3 nitrogen and oxygen atoms in total. The number of hydrogen-bond donors (Lipinski definition) is 1. The topological polar surface area (TPSA) is 30.5 Å². The third-order valence-electron chi connectivity index (χ3n) is 2.53. The van der Waals surface area contributed by atoms with Crippen LogP contribution in [0.2, 0.25) is 0 Å². The molecule has 1 aromatic carbocycles. The van der Waals surface area contributed by atoms with Crippen LogP contribution in [0.1, 0.15) is 18.4 Å². The fourth-order valence-electron chi connectivity index (χ4n) is 1.48. The van der Waals surface area contributed by atoms with E-state index < -0.39 is 0 Å². The van der Waals surface area contributed by atoms with E-state index in [9.17, 15) is 0 Å². The molecule has 1 aromatic rings. The van der Waals surface area contributed by atoms with E-state index in [2.05, 4.69) is 18.3 Å². The predicted molar refractivity (Wildman–Crippen MR) is 70.7 cm³/mol. The quantitative estimate of drug-likeness (QED) is 0.669. The summed E-state index contributed by atoms with van der Waals surface area (Å²) in [6, 6.07) is 8.11. The van der Waals surface area contributed by atoms with Crippen molar-refractivity contribution in [3.05, 3.63) is 29.8 Å². The van der Waals surface area contributed by atoms with Gasteiger partial charge in [0.15, 0.2) is 0 Å². The van der Waals surface area contributed by atoms with Gasteiger partial charge in [-0.15, -0.1) is 0 Å². The van der Waals surface area contributed by atoms with Crippen LogP contribution >= 0.6 is 0 Å². The SMILES string of the molecule is CNCCOCCCCOc1ccccc1C. The summed E-state index contributed by atoms with van der Waals surface area (Å²) in [6.45, 7) is 5.35. The summed E-state index contributed by atoms with van der Waals surface area (Å²) in [6.07, 6.45) is 2.09. The molecule has 0 heterocycles. The molecule has 1 N–H and O–H groups in total. The van der Waals surface area contributed by atoms with Gasteiger partial charge in [-0.2, -0.15) is 0 Å². The first-order chi connectivity index (χ1) is 8.34. The van der Waals surface area contributed by atoms with E-state index in [1.54, 1.807) is 0 Å². The van der Waals surface area contributed by atoms with Gasteiger partial charge in [-0.25, -0.2) is 0 Å². The van der Waals surface area contributed by atoms with E-state index in [0.29, 0.717) is 0 Å². The smallest absolute Gasteiger partial charge is 0.122 e. The van der Waals surface area contributed by atoms with Crippen molar-refractivity contribution in [2.75, 3.05) is 33.4 Å². The summed E-state index contributed by atoms with van der Waals surface area (Å²) in [5.41, 5.74) is 1.19. The molecule has 0 amide bonds. The van der Waals surface area contributed by atoms with Gasteiger partial charge in [0.25, 0.3) is 0 Å². The van der Waals surface area contributed by atoms with E-state index in [1.165, 1.54) is 5.56 Å². The number of ether oxygens (including phenoxy) is 2. The zero-order valence-corrected chi connectivity index (χ0v) is 10.9. The molecule has 17 heavy (non-hydrogen) atoms. The predicted octanol–water partition coefficient (Wildman–Crippen LogP) is 2.39. The normalized spacial score (nSPS) is 10.5. The van der Waals surface area contributed by atoms with Crippen LogP contribution in [0.25, 0.3) is 0 Å². The van der Waals surface area contributed by atoms with Gasteiger partial charge < -0.3 is 14.8 Å². The summed E-state index contributed by atoms with van der Waals surface area (Å²) in [5, 5.41) is 3.05. The molecule has 1 rings (SSSR count). The minimum Gasteiger partial charge on any atom is -0.493 e. The molecule has 0 atom stereocenters. The van der Waals surface area contributed by atoms with Crippen LogP contribution in [0.3, 0.4) is 0 Å². The van der Waals surface area contributed by atoms with Gasteiger partial charge in [-0.3, -0.25) is 0 Å². The summed E-state index contributed by atoms with van der Waals surface area (Å²) >= 11 is 0. The maximum atomic E-state index is 5.70. The molecule has 0 spiro atoms. The number of aryl methyl sites for hydroxylation is 1. The van der Waals surface area contributed by atoms with Crippen molar-refractivity contribution in [1.29, 1.82) is 0 Å². The van der Waals surface area contributed by atoms with Crippen LogP contribution < -0.4 is 10.1 Å². The van der Waals surface area contributed by atoms with Crippen LogP contribution in [0.4, 0.5) is 0 Å². The average molecular weight is 237 g/mol. The molecule has 3 heteroatoms. The van der Waals surface area contributed by atoms with E-state index in [4.69, 9.17) is 9.47 Å². The second-order valence-corrected chi connectivity index (χ2v) is 4.04. The Morgan fingerprint density at radius 2 is 1.82 bits per heavy atom. The Morgan fingerprint density at radius 1 is 1.06 bits per heavy atom. The van der Waals surface area contributed by atoms with Crippen molar-refractivity contribution >= 4 is 0 Å². The third kappa shape index (κ3) is 6.29. The molecule has 0 radical (unpaired) electrons. The highest BCUT2D eigenvalue weighted by atomic mass is 16.5. The zero-order valence-electron chi connectivity index (χ0n) is 10.9. The summed E-state index contributed by atoms with van der Waals surface area (Å²) in [4.78, 5) is 0. The van der Waals surface area contributed by atoms with E-state index in [1.807, 2.05) is 25.2 Å². The Balaban J connectivity index is 1.99. The van der Waals surface area contributed by atoms with Crippen LogP contribution in [0.5, 0.6) is 5.75 Å². The maximum absolute atomic E-state index is 5.70. The molecule has 96 valence electrons. The van der Waals surface area contributed by atoms with Crippen molar-refractivity contribution in [3.63, 3.8) is 0 Å². The van der Waals surface area contributed by atoms with Gasteiger partial charge in [0.1, 0.15) is 5.75 Å². The van der Waals surface area contributed by atoms with E-state index in [-0.39, 0.29) is 0 Å². The van der Waals surface area contributed by atoms with E-state index in [0.717, 1.165) is 45.0 Å². The number of nitrogens with one attached hydrogen (secondary N) is 1. The molecule has 0 fully saturated rings. The second-order valence-electron chi connectivity index (χ2n) is 4.04. The molecule has 0 bridgehead atoms. The van der Waals surface area contributed by atoms with Crippen LogP contribution in [0, 0.1) is 6.92 Å². The number of rotatable bonds is 9. The molecule has 0 unspecified atom stereocenters. The van der Waals surface area contributed by atoms with Crippen LogP contribution in [-0.2, 0) is 4.74 Å². The summed E-state index contributed by atoms with van der Waals surface area (Å²) in [5.74, 6) is 0.989. The van der Waals surface area contributed by atoms with Gasteiger partial charge in [-0.05, 0) is 38.4 Å². The van der Waals surface area contributed by atoms with Crippen LogP contribution in [0.15, 0.2) is 24.3 Å². The molecule has 0 aliphatic carbocycles. The van der Waals surface area contributed by atoms with Crippen molar-refractivity contribution in [2.45, 2.75) is 19.8 Å². The van der Waals surface area contributed by atoms with E-state index >= 15 is 0 Å². The highest BCUT2D eigenvalue weighted by molar-refractivity contribution is 5.31. The van der Waals surface area contributed by atoms with Crippen LogP contribution in [-0.4, -0.2) is 33.4 Å². The Morgan fingerprint density at radius 3 is 2.59 bits per heavy atom. The lowest BCUT2D eigenvalue weighted by Gasteiger charge is -2.08. The molecule has 0 aromatic heterocycles. The van der Waals surface area contributed by atoms with Gasteiger partial charge in [-0.1, -0.05) is 18.2 Å². The number of para-hydroxylation sites is 1. The lowest BCUT2D eigenvalue weighted by Crippen LogP contribution is -2.14. The number of unbranched alkanes of at least 4 members (excludes halogenated alkanes) is 1. The fraction of sp³-hybridized carbons (Fsp3) is 0.571. The minimum atomic E-state index is 0.764. The highest BCUT2D eigenvalue weighted by Gasteiger charge is 1.97. The first kappa shape index (κ1) is 14.0. The van der Waals surface area contributed by atoms with Gasteiger partial charge >= 0.3 is 0 Å². The molecule has 0 saturated carbocycles. The van der Waals surface area contributed by atoms with Gasteiger partial charge in [0.2, 0.25) is 0 Å². The summed E-state index contributed by atoms with van der Waals surface area (Å²) < 4.78 is 11.1. The first-order valence-corrected chi connectivity index (χ1v) is 6.25. The maximum Gasteiger partial charge on any atom is 0.122 e. The largest absolute Gasteiger partial charge is 0.493 e. The van der Waals surface area contributed by atoms with Crippen molar-refractivity contribution in [3.8, 4) is 5.75 Å². The van der Waals surface area contributed by atoms with Crippen molar-refractivity contribution < 1.29 is 9.47 Å². The monoisotopic (exact) mass is 237 g/mol. The fourth-order valence-corrected chi connectivity index (χ4v) is 1.48. The van der Waals surface area contributed by atoms with Crippen molar-refractivity contribution in [1.82, 2.24) is 5.32 Å². The second kappa shape index (κ2) is 9.02. The Bertz CT molecular complexity index is 302. The lowest BCUT2D eigenvalue weighted by atomic mass is 10.2. The van der Waals surface area contributed by atoms with Gasteiger partial charge in [0, 0.05) is 13.2 Å². The minimum absolute atomic E-state index is 0.764. The Labute approximate surface area is 104 Å². The Hall–Kier alpha value is -1.06. The molecular weight excluding hydrogens is 214 g/mol. The highest BCUT2D eigenvalue weighted by Crippen LogP contribution is 2.16. The van der Waals surface area contributed by atoms with Crippen molar-refractivity contribution in [2.24, 2.45) is 0 Å². The summed E-state index contributed by atoms with van der Waals surface area (Å²) in [7, 11) is 1.93. The average Bonchev–Trinajstić information content (AvgIpc) is 2.35. The molecule has 0 aliphatic heterocycles. The molecular formula is C14H23NO2. The van der Waals surface area contributed by atoms with Gasteiger partial charge in [0.05, 0.1) is 13.2 Å². The zero-order chi connectivity index (χ0) is 12.3. The first-order valence-electron chi connectivity index (χ1n) is 6.25. The molecule has 0 saturated heterocycles. The lowest BCUT2D eigenvalue weighted by molar-refractivity contribution is 0.129. The Kier molecular flexibility index (Phi) is 7.43. The standard InChI is InChI=1S/C14H23NO2/c1-13-7-3-4-8-14(13)17-11-6-5-10-16-12-9-15-2/h3-4,7-8,15H,5-6,9-12H2,1-2H3. The number of hydrogen-bond acceptors (Lipinski definition) is 3. The number of likely N-dealkylation sites (N-methyl/N-ethyl adjacent to an activating group) is 1. The molecule has 0 aliphatic rings.